The largest absolute Gasteiger partial charge is 0.346 e. The Kier molecular flexibility index (Phi) is 4.71. The van der Waals surface area contributed by atoms with Crippen LogP contribution in [0.3, 0.4) is 0 Å². The molecular weight excluding hydrogens is 390 g/mol. The van der Waals surface area contributed by atoms with Gasteiger partial charge in [-0.3, -0.25) is 5.10 Å². The lowest BCUT2D eigenvalue weighted by Crippen LogP contribution is -2.12. The SMILES string of the molecule is Cc1ccc(C(C(c2c(C)n[nH]c2C)c2c[nH]c3ncccc23)[s+]2ccnc2)cc1. The Morgan fingerprint density at radius 3 is 2.53 bits per heavy atom. The monoisotopic (exact) mass is 414 g/mol. The lowest BCUT2D eigenvalue weighted by Gasteiger charge is -2.23. The molecule has 0 aliphatic rings. The fourth-order valence-corrected chi connectivity index (χ4v) is 6.24. The van der Waals surface area contributed by atoms with Crippen LogP contribution in [0.2, 0.25) is 0 Å². The molecule has 0 aliphatic heterocycles. The van der Waals surface area contributed by atoms with Crippen molar-refractivity contribution >= 4 is 21.5 Å². The number of hydrogen-bond donors (Lipinski definition) is 2. The molecule has 3 atom stereocenters. The predicted octanol–water partition coefficient (Wildman–Crippen LogP) is 5.78. The van der Waals surface area contributed by atoms with Crippen molar-refractivity contribution in [3.8, 4) is 0 Å². The lowest BCUT2D eigenvalue weighted by atomic mass is 9.84. The molecule has 0 amide bonds. The van der Waals surface area contributed by atoms with Crippen LogP contribution in [0.1, 0.15) is 44.8 Å². The summed E-state index contributed by atoms with van der Waals surface area (Å²) in [6.07, 6.45) is 5.88. The number of aromatic nitrogens is 5. The topological polar surface area (TPSA) is 70.2 Å². The van der Waals surface area contributed by atoms with Crippen molar-refractivity contribution in [2.24, 2.45) is 0 Å². The zero-order valence-electron chi connectivity index (χ0n) is 17.3. The third kappa shape index (κ3) is 3.13. The van der Waals surface area contributed by atoms with Crippen LogP contribution >= 0.6 is 10.5 Å². The average Bonchev–Trinajstić information content (AvgIpc) is 3.49. The summed E-state index contributed by atoms with van der Waals surface area (Å²) in [4.78, 5) is 12.4. The van der Waals surface area contributed by atoms with Gasteiger partial charge in [0, 0.05) is 45.1 Å². The molecule has 0 saturated carbocycles. The molecule has 5 nitrogen and oxygen atoms in total. The van der Waals surface area contributed by atoms with Crippen molar-refractivity contribution < 1.29 is 0 Å². The van der Waals surface area contributed by atoms with E-state index < -0.39 is 0 Å². The first-order valence-electron chi connectivity index (χ1n) is 10.0. The Morgan fingerprint density at radius 2 is 1.83 bits per heavy atom. The predicted molar refractivity (Wildman–Crippen MR) is 122 cm³/mol. The van der Waals surface area contributed by atoms with Crippen LogP contribution in [-0.2, 0) is 0 Å². The summed E-state index contributed by atoms with van der Waals surface area (Å²) >= 11 is 0. The highest BCUT2D eigenvalue weighted by atomic mass is 32.2. The summed E-state index contributed by atoms with van der Waals surface area (Å²) < 4.78 is 0. The number of aryl methyl sites for hydroxylation is 3. The minimum absolute atomic E-state index is 0.113. The van der Waals surface area contributed by atoms with Crippen molar-refractivity contribution in [1.29, 1.82) is 0 Å². The van der Waals surface area contributed by atoms with Crippen molar-refractivity contribution in [1.82, 2.24) is 25.1 Å². The number of hydrogen-bond acceptors (Lipinski definition) is 3. The van der Waals surface area contributed by atoms with E-state index in [4.69, 9.17) is 0 Å². The molecule has 5 aromatic rings. The summed E-state index contributed by atoms with van der Waals surface area (Å²) in [5, 5.41) is 11.4. The molecule has 0 bridgehead atoms. The van der Waals surface area contributed by atoms with Gasteiger partial charge in [-0.15, -0.1) is 0 Å². The number of benzene rings is 1. The van der Waals surface area contributed by atoms with Gasteiger partial charge in [-0.05, 0) is 38.5 Å². The summed E-state index contributed by atoms with van der Waals surface area (Å²) in [6.45, 7) is 6.33. The number of rotatable bonds is 5. The van der Waals surface area contributed by atoms with Crippen LogP contribution in [0.15, 0.2) is 65.9 Å². The highest BCUT2D eigenvalue weighted by Gasteiger charge is 2.39. The van der Waals surface area contributed by atoms with Gasteiger partial charge in [0.1, 0.15) is 5.65 Å². The molecule has 0 radical (unpaired) electrons. The van der Waals surface area contributed by atoms with Crippen molar-refractivity contribution in [2.75, 3.05) is 0 Å². The fourth-order valence-electron chi connectivity index (χ4n) is 4.38. The molecule has 1 aromatic carbocycles. The Labute approximate surface area is 178 Å². The molecule has 3 unspecified atom stereocenters. The maximum atomic E-state index is 4.54. The first kappa shape index (κ1) is 18.8. The molecule has 0 aliphatic carbocycles. The third-order valence-electron chi connectivity index (χ3n) is 5.80. The van der Waals surface area contributed by atoms with Crippen molar-refractivity contribution in [3.63, 3.8) is 0 Å². The van der Waals surface area contributed by atoms with Gasteiger partial charge in [0.25, 0.3) is 0 Å². The second-order valence-corrected chi connectivity index (χ2v) is 9.56. The Morgan fingerprint density at radius 1 is 1.00 bits per heavy atom. The standard InChI is InChI=1S/C24H24N5S/c1-15-6-8-18(9-7-15)23(30-12-11-25-14-30)22(21-16(2)28-29-17(21)3)20-13-27-24-19(20)5-4-10-26-24/h4-14,22-23H,1-3H3,(H,26,27)(H,28,29)/q+1. The van der Waals surface area contributed by atoms with E-state index in [0.29, 0.717) is 0 Å². The van der Waals surface area contributed by atoms with Crippen molar-refractivity contribution in [3.05, 3.63) is 99.5 Å². The molecular formula is C24H24N5S+. The third-order valence-corrected chi connectivity index (χ3v) is 7.73. The summed E-state index contributed by atoms with van der Waals surface area (Å²) in [5.41, 5.74) is 10.2. The first-order chi connectivity index (χ1) is 14.6. The van der Waals surface area contributed by atoms with Crippen LogP contribution in [0.4, 0.5) is 0 Å². The molecule has 4 heterocycles. The molecule has 30 heavy (non-hydrogen) atoms. The van der Waals surface area contributed by atoms with E-state index in [-0.39, 0.29) is 21.6 Å². The normalized spacial score (nSPS) is 14.2. The van der Waals surface area contributed by atoms with Gasteiger partial charge in [-0.2, -0.15) is 5.10 Å². The van der Waals surface area contributed by atoms with E-state index in [0.717, 1.165) is 22.4 Å². The number of nitrogens with zero attached hydrogens (tertiary/aromatic N) is 3. The van der Waals surface area contributed by atoms with E-state index in [1.54, 1.807) is 0 Å². The molecule has 150 valence electrons. The Hall–Kier alpha value is -3.25. The maximum absolute atomic E-state index is 4.54. The second-order valence-electron chi connectivity index (χ2n) is 7.75. The molecule has 5 rings (SSSR count). The van der Waals surface area contributed by atoms with Crippen LogP contribution < -0.4 is 0 Å². The Bertz CT molecular complexity index is 1260. The highest BCUT2D eigenvalue weighted by Crippen LogP contribution is 2.51. The zero-order chi connectivity index (χ0) is 20.7. The van der Waals surface area contributed by atoms with Crippen LogP contribution in [0, 0.1) is 20.8 Å². The number of fused-ring (bicyclic) bond motifs is 1. The quantitative estimate of drug-likeness (QED) is 0.358. The molecule has 0 saturated heterocycles. The van der Waals surface area contributed by atoms with E-state index in [9.17, 15) is 0 Å². The van der Waals surface area contributed by atoms with Gasteiger partial charge in [0.15, 0.2) is 10.6 Å². The number of aromatic amines is 2. The molecule has 0 fully saturated rings. The fraction of sp³-hybridized carbons (Fsp3) is 0.208. The van der Waals surface area contributed by atoms with E-state index >= 15 is 0 Å². The van der Waals surface area contributed by atoms with Crippen LogP contribution in [0.5, 0.6) is 0 Å². The summed E-state index contributed by atoms with van der Waals surface area (Å²) in [5.74, 6) is 0.113. The number of pyridine rings is 1. The number of nitrogens with one attached hydrogen (secondary N) is 2. The van der Waals surface area contributed by atoms with Gasteiger partial charge < -0.3 is 4.98 Å². The smallest absolute Gasteiger partial charge is 0.229 e. The van der Waals surface area contributed by atoms with Crippen LogP contribution in [0.25, 0.3) is 11.0 Å². The number of H-pyrrole nitrogens is 2. The summed E-state index contributed by atoms with van der Waals surface area (Å²) in [6, 6.07) is 13.1. The zero-order valence-corrected chi connectivity index (χ0v) is 18.1. The van der Waals surface area contributed by atoms with Gasteiger partial charge in [0.2, 0.25) is 5.51 Å². The Balaban J connectivity index is 1.81. The minimum atomic E-state index is -0.130. The molecule has 0 spiro atoms. The summed E-state index contributed by atoms with van der Waals surface area (Å²) in [7, 11) is -0.130. The van der Waals surface area contributed by atoms with Gasteiger partial charge in [-0.25, -0.2) is 9.97 Å². The van der Waals surface area contributed by atoms with Crippen molar-refractivity contribution in [2.45, 2.75) is 31.9 Å². The van der Waals surface area contributed by atoms with Gasteiger partial charge in [-0.1, -0.05) is 29.8 Å². The average molecular weight is 415 g/mol. The molecule has 6 heteroatoms. The molecule has 4 aromatic heterocycles. The van der Waals surface area contributed by atoms with E-state index in [2.05, 4.69) is 93.3 Å². The first-order valence-corrected chi connectivity index (χ1v) is 11.5. The number of thiazole rings is 1. The van der Waals surface area contributed by atoms with Gasteiger partial charge >= 0.3 is 0 Å². The van der Waals surface area contributed by atoms with E-state index in [1.807, 2.05) is 18.5 Å². The van der Waals surface area contributed by atoms with E-state index in [1.165, 1.54) is 22.3 Å². The minimum Gasteiger partial charge on any atom is -0.346 e. The highest BCUT2D eigenvalue weighted by molar-refractivity contribution is 7.29. The lowest BCUT2D eigenvalue weighted by molar-refractivity contribution is 0.772. The maximum Gasteiger partial charge on any atom is 0.229 e. The van der Waals surface area contributed by atoms with Gasteiger partial charge in [0.05, 0.1) is 17.8 Å². The molecule has 2 N–H and O–H groups in total. The second kappa shape index (κ2) is 7.54. The van der Waals surface area contributed by atoms with Crippen LogP contribution in [-0.4, -0.2) is 25.1 Å².